The fourth-order valence-corrected chi connectivity index (χ4v) is 5.54. The molecule has 0 spiro atoms. The van der Waals surface area contributed by atoms with Crippen molar-refractivity contribution < 1.29 is 28.2 Å². The highest BCUT2D eigenvalue weighted by atomic mass is 19.1. The number of nitrogens with one attached hydrogen (secondary N) is 2. The fraction of sp³-hybridized carbons (Fsp3) is 0.250. The Kier molecular flexibility index (Phi) is 7.60. The maximum atomic E-state index is 13.9. The average molecular weight is 543 g/mol. The third-order valence-corrected chi connectivity index (χ3v) is 7.50. The first-order chi connectivity index (χ1) is 19.3. The maximum absolute atomic E-state index is 13.9. The molecule has 1 amide bonds. The van der Waals surface area contributed by atoms with Crippen LogP contribution in [0.4, 0.5) is 10.1 Å². The Bertz CT molecular complexity index is 1510. The van der Waals surface area contributed by atoms with E-state index in [0.29, 0.717) is 51.8 Å². The number of hydrogen-bond acceptors (Lipinski definition) is 6. The number of dihydropyridines is 1. The van der Waals surface area contributed by atoms with Gasteiger partial charge in [-0.3, -0.25) is 9.59 Å². The van der Waals surface area contributed by atoms with Crippen molar-refractivity contribution >= 4 is 17.4 Å². The quantitative estimate of drug-likeness (QED) is 0.390. The van der Waals surface area contributed by atoms with E-state index in [1.807, 2.05) is 25.1 Å². The van der Waals surface area contributed by atoms with Gasteiger partial charge in [0.25, 0.3) is 5.91 Å². The van der Waals surface area contributed by atoms with Crippen LogP contribution < -0.4 is 24.8 Å². The van der Waals surface area contributed by atoms with Crippen LogP contribution in [0.15, 0.2) is 89.3 Å². The van der Waals surface area contributed by atoms with Crippen molar-refractivity contribution in [2.24, 2.45) is 0 Å². The van der Waals surface area contributed by atoms with E-state index < -0.39 is 5.92 Å². The fourth-order valence-electron chi connectivity index (χ4n) is 5.54. The van der Waals surface area contributed by atoms with Gasteiger partial charge < -0.3 is 24.8 Å². The van der Waals surface area contributed by atoms with Crippen LogP contribution in [-0.4, -0.2) is 33.0 Å². The van der Waals surface area contributed by atoms with Crippen molar-refractivity contribution in [3.05, 3.63) is 106 Å². The monoisotopic (exact) mass is 542 g/mol. The molecular formula is C32H31FN2O5. The SMILES string of the molecule is COc1ccc(NC(=O)C2=C(C)NC3=C(C(=O)C[C@@H](c4ccc(OC)c(OC)c4)C3)[C@@H]2c2ccc(F)cc2)cc1. The number of ether oxygens (including phenoxy) is 3. The molecule has 8 heteroatoms. The van der Waals surface area contributed by atoms with Crippen molar-refractivity contribution in [2.45, 2.75) is 31.6 Å². The van der Waals surface area contributed by atoms with Gasteiger partial charge in [0, 0.05) is 40.6 Å². The summed E-state index contributed by atoms with van der Waals surface area (Å²) in [6, 6.07) is 18.7. The highest BCUT2D eigenvalue weighted by Gasteiger charge is 2.41. The van der Waals surface area contributed by atoms with E-state index in [2.05, 4.69) is 10.6 Å². The minimum absolute atomic E-state index is 0.0647. The highest BCUT2D eigenvalue weighted by molar-refractivity contribution is 6.10. The smallest absolute Gasteiger partial charge is 0.254 e. The summed E-state index contributed by atoms with van der Waals surface area (Å²) in [7, 11) is 4.74. The Hall–Kier alpha value is -4.59. The Morgan fingerprint density at radius 3 is 2.20 bits per heavy atom. The number of allylic oxidation sites excluding steroid dienone is 3. The third kappa shape index (κ3) is 5.17. The van der Waals surface area contributed by atoms with Crippen LogP contribution >= 0.6 is 0 Å². The topological polar surface area (TPSA) is 85.9 Å². The van der Waals surface area contributed by atoms with Gasteiger partial charge in [-0.2, -0.15) is 0 Å². The number of halogens is 1. The molecule has 5 rings (SSSR count). The number of amides is 1. The van der Waals surface area contributed by atoms with Gasteiger partial charge in [-0.1, -0.05) is 18.2 Å². The molecule has 1 heterocycles. The molecule has 2 N–H and O–H groups in total. The molecule has 40 heavy (non-hydrogen) atoms. The van der Waals surface area contributed by atoms with E-state index in [0.717, 1.165) is 11.3 Å². The maximum Gasteiger partial charge on any atom is 0.254 e. The zero-order valence-electron chi connectivity index (χ0n) is 22.8. The molecule has 206 valence electrons. The number of benzene rings is 3. The number of methoxy groups -OCH3 is 3. The van der Waals surface area contributed by atoms with Crippen LogP contribution in [0.5, 0.6) is 17.2 Å². The molecule has 0 bridgehead atoms. The summed E-state index contributed by atoms with van der Waals surface area (Å²) in [6.45, 7) is 1.83. The van der Waals surface area contributed by atoms with Gasteiger partial charge in [0.2, 0.25) is 0 Å². The summed E-state index contributed by atoms with van der Waals surface area (Å²) >= 11 is 0. The first kappa shape index (κ1) is 27.0. The van der Waals surface area contributed by atoms with Crippen molar-refractivity contribution in [2.75, 3.05) is 26.6 Å². The van der Waals surface area contributed by atoms with E-state index in [9.17, 15) is 14.0 Å². The number of carbonyl (C=O) groups is 2. The number of anilines is 1. The summed E-state index contributed by atoms with van der Waals surface area (Å²) in [5.41, 5.74) is 4.58. The first-order valence-corrected chi connectivity index (χ1v) is 13.0. The van der Waals surface area contributed by atoms with Gasteiger partial charge in [-0.05, 0) is 78.9 Å². The largest absolute Gasteiger partial charge is 0.497 e. The van der Waals surface area contributed by atoms with E-state index in [1.54, 1.807) is 57.7 Å². The molecule has 0 fully saturated rings. The minimum Gasteiger partial charge on any atom is -0.497 e. The molecule has 7 nitrogen and oxygen atoms in total. The lowest BCUT2D eigenvalue weighted by atomic mass is 9.71. The van der Waals surface area contributed by atoms with Crippen LogP contribution in [0, 0.1) is 5.82 Å². The molecule has 3 aromatic rings. The predicted octanol–water partition coefficient (Wildman–Crippen LogP) is 5.85. The van der Waals surface area contributed by atoms with Gasteiger partial charge >= 0.3 is 0 Å². The molecule has 1 aliphatic carbocycles. The van der Waals surface area contributed by atoms with Gasteiger partial charge in [0.05, 0.1) is 21.3 Å². The predicted molar refractivity (Wildman–Crippen MR) is 150 cm³/mol. The van der Waals surface area contributed by atoms with E-state index in [4.69, 9.17) is 14.2 Å². The van der Waals surface area contributed by atoms with Crippen LogP contribution in [0.25, 0.3) is 0 Å². The second kappa shape index (κ2) is 11.3. The Morgan fingerprint density at radius 2 is 1.55 bits per heavy atom. The van der Waals surface area contributed by atoms with Crippen molar-refractivity contribution in [1.29, 1.82) is 0 Å². The van der Waals surface area contributed by atoms with Crippen LogP contribution in [0.2, 0.25) is 0 Å². The number of ketones is 1. The molecule has 0 radical (unpaired) electrons. The molecule has 0 aromatic heterocycles. The second-order valence-corrected chi connectivity index (χ2v) is 9.87. The lowest BCUT2D eigenvalue weighted by molar-refractivity contribution is -0.116. The van der Waals surface area contributed by atoms with Gasteiger partial charge in [0.1, 0.15) is 11.6 Å². The number of hydrogen-bond donors (Lipinski definition) is 2. The molecule has 1 aliphatic heterocycles. The van der Waals surface area contributed by atoms with E-state index in [-0.39, 0.29) is 29.8 Å². The van der Waals surface area contributed by atoms with E-state index in [1.165, 1.54) is 12.1 Å². The van der Waals surface area contributed by atoms with Gasteiger partial charge in [-0.15, -0.1) is 0 Å². The van der Waals surface area contributed by atoms with Gasteiger partial charge in [0.15, 0.2) is 17.3 Å². The summed E-state index contributed by atoms with van der Waals surface area (Å²) < 4.78 is 29.9. The first-order valence-electron chi connectivity index (χ1n) is 13.0. The molecule has 0 saturated carbocycles. The standard InChI is InChI=1S/C32H31FN2O5/c1-18-29(32(37)35-23-10-12-24(38-2)13-11-23)30(19-5-8-22(33)9-6-19)31-25(34-18)15-21(16-26(31)36)20-7-14-27(39-3)28(17-20)40-4/h5-14,17,21,30,34H,15-16H2,1-4H3,(H,35,37)/t21-,30+/m0/s1. The van der Waals surface area contributed by atoms with Crippen molar-refractivity contribution in [3.8, 4) is 17.2 Å². The molecule has 0 saturated heterocycles. The lowest BCUT2D eigenvalue weighted by Gasteiger charge is -2.37. The van der Waals surface area contributed by atoms with Crippen molar-refractivity contribution in [3.63, 3.8) is 0 Å². The number of Topliss-reactive ketones (excluding diaryl/α,β-unsaturated/α-hetero) is 1. The van der Waals surface area contributed by atoms with Gasteiger partial charge in [-0.25, -0.2) is 4.39 Å². The summed E-state index contributed by atoms with van der Waals surface area (Å²) in [5, 5.41) is 6.32. The van der Waals surface area contributed by atoms with Crippen molar-refractivity contribution in [1.82, 2.24) is 5.32 Å². The Labute approximate surface area is 232 Å². The Morgan fingerprint density at radius 1 is 0.875 bits per heavy atom. The minimum atomic E-state index is -0.644. The number of rotatable bonds is 7. The van der Waals surface area contributed by atoms with Crippen LogP contribution in [-0.2, 0) is 9.59 Å². The number of carbonyl (C=O) groups excluding carboxylic acids is 2. The Balaban J connectivity index is 1.52. The summed E-state index contributed by atoms with van der Waals surface area (Å²) in [6.07, 6.45) is 0.832. The lowest BCUT2D eigenvalue weighted by Crippen LogP contribution is -2.37. The van der Waals surface area contributed by atoms with Crippen LogP contribution in [0.3, 0.4) is 0 Å². The molecule has 2 atom stereocenters. The molecule has 2 aliphatic rings. The highest BCUT2D eigenvalue weighted by Crippen LogP contribution is 2.46. The second-order valence-electron chi connectivity index (χ2n) is 9.87. The molecular weight excluding hydrogens is 511 g/mol. The molecule has 3 aromatic carbocycles. The van der Waals surface area contributed by atoms with Crippen LogP contribution in [0.1, 0.15) is 42.7 Å². The normalized spacial score (nSPS) is 18.6. The molecule has 0 unspecified atom stereocenters. The van der Waals surface area contributed by atoms with E-state index >= 15 is 0 Å². The average Bonchev–Trinajstić information content (AvgIpc) is 2.96. The summed E-state index contributed by atoms with van der Waals surface area (Å²) in [4.78, 5) is 27.6. The summed E-state index contributed by atoms with van der Waals surface area (Å²) in [5.74, 6) is 0.358. The third-order valence-electron chi connectivity index (χ3n) is 7.50. The zero-order chi connectivity index (χ0) is 28.4. The zero-order valence-corrected chi connectivity index (χ0v) is 22.8.